The molecule has 1 amide bonds. The number of nitrogens with one attached hydrogen (secondary N) is 1. The molecular weight excluding hydrogens is 282 g/mol. The highest BCUT2D eigenvalue weighted by atomic mass is 32.1. The normalized spacial score (nSPS) is 18.6. The molecule has 4 nitrogen and oxygen atoms in total. The van der Waals surface area contributed by atoms with Gasteiger partial charge in [0.25, 0.3) is 0 Å². The summed E-state index contributed by atoms with van der Waals surface area (Å²) in [6, 6.07) is 4.61. The zero-order chi connectivity index (χ0) is 15.1. The van der Waals surface area contributed by atoms with E-state index in [1.165, 1.54) is 4.88 Å². The first-order chi connectivity index (χ1) is 10.2. The number of nitrogens with zero attached hydrogens (tertiary/aromatic N) is 2. The van der Waals surface area contributed by atoms with Crippen LogP contribution in [0, 0.1) is 0 Å². The molecule has 1 aromatic rings. The van der Waals surface area contributed by atoms with Gasteiger partial charge in [0.2, 0.25) is 5.91 Å². The van der Waals surface area contributed by atoms with Crippen molar-refractivity contribution in [1.82, 2.24) is 15.1 Å². The number of hydrogen-bond donors (Lipinski definition) is 1. The van der Waals surface area contributed by atoms with E-state index < -0.39 is 0 Å². The minimum absolute atomic E-state index is 0.188. The van der Waals surface area contributed by atoms with Crippen molar-refractivity contribution in [2.45, 2.75) is 32.2 Å². The summed E-state index contributed by atoms with van der Waals surface area (Å²) in [5.41, 5.74) is 0. The molecule has 1 aromatic heterocycles. The minimum Gasteiger partial charge on any atom is -0.354 e. The van der Waals surface area contributed by atoms with Crippen LogP contribution in [0.25, 0.3) is 0 Å². The predicted octanol–water partition coefficient (Wildman–Crippen LogP) is 2.34. The Kier molecular flexibility index (Phi) is 6.67. The number of carbonyl (C=O) groups is 1. The van der Waals surface area contributed by atoms with Gasteiger partial charge >= 0.3 is 0 Å². The van der Waals surface area contributed by atoms with Crippen LogP contribution in [0.3, 0.4) is 0 Å². The Labute approximate surface area is 132 Å². The largest absolute Gasteiger partial charge is 0.354 e. The van der Waals surface area contributed by atoms with Crippen molar-refractivity contribution in [3.05, 3.63) is 22.4 Å². The Balaban J connectivity index is 1.92. The molecule has 5 heteroatoms. The number of piperazine rings is 1. The van der Waals surface area contributed by atoms with Gasteiger partial charge in [-0.2, -0.15) is 0 Å². The standard InChI is InChI=1S/C16H27N3OS/c1-3-4-7-16(20)17-13-14(15-6-5-12-21-15)19-10-8-18(2)9-11-19/h5-6,12,14H,3-4,7-11,13H2,1-2H3,(H,17,20). The van der Waals surface area contributed by atoms with Crippen LogP contribution in [-0.4, -0.2) is 55.5 Å². The lowest BCUT2D eigenvalue weighted by molar-refractivity contribution is -0.121. The number of unbranched alkanes of at least 4 members (excludes halogenated alkanes) is 1. The molecular formula is C16H27N3OS. The fraction of sp³-hybridized carbons (Fsp3) is 0.688. The van der Waals surface area contributed by atoms with Crippen LogP contribution in [0.1, 0.15) is 37.1 Å². The van der Waals surface area contributed by atoms with E-state index in [1.807, 2.05) is 0 Å². The number of rotatable bonds is 7. The van der Waals surface area contributed by atoms with Crippen molar-refractivity contribution >= 4 is 17.2 Å². The molecule has 1 unspecified atom stereocenters. The van der Waals surface area contributed by atoms with Gasteiger partial charge in [0, 0.05) is 44.0 Å². The summed E-state index contributed by atoms with van der Waals surface area (Å²) < 4.78 is 0. The van der Waals surface area contributed by atoms with Gasteiger partial charge in [-0.3, -0.25) is 9.69 Å². The molecule has 1 fully saturated rings. The second kappa shape index (κ2) is 8.51. The van der Waals surface area contributed by atoms with Crippen LogP contribution in [0.4, 0.5) is 0 Å². The molecule has 1 N–H and O–H groups in total. The molecule has 1 atom stereocenters. The highest BCUT2D eigenvalue weighted by molar-refractivity contribution is 7.10. The molecule has 0 saturated carbocycles. The molecule has 0 aromatic carbocycles. The van der Waals surface area contributed by atoms with Crippen LogP contribution in [0.2, 0.25) is 0 Å². The third-order valence-electron chi connectivity index (χ3n) is 4.10. The van der Waals surface area contributed by atoms with E-state index >= 15 is 0 Å². The third-order valence-corrected chi connectivity index (χ3v) is 5.07. The summed E-state index contributed by atoms with van der Waals surface area (Å²) in [6.07, 6.45) is 2.70. The molecule has 1 aliphatic rings. The maximum atomic E-state index is 11.9. The van der Waals surface area contributed by atoms with E-state index in [-0.39, 0.29) is 5.91 Å². The van der Waals surface area contributed by atoms with Gasteiger partial charge in [-0.25, -0.2) is 0 Å². The maximum absolute atomic E-state index is 11.9. The minimum atomic E-state index is 0.188. The van der Waals surface area contributed by atoms with E-state index in [2.05, 4.69) is 46.6 Å². The van der Waals surface area contributed by atoms with Crippen LogP contribution in [-0.2, 0) is 4.79 Å². The van der Waals surface area contributed by atoms with Gasteiger partial charge < -0.3 is 10.2 Å². The summed E-state index contributed by atoms with van der Waals surface area (Å²) in [5, 5.41) is 5.25. The summed E-state index contributed by atoms with van der Waals surface area (Å²) >= 11 is 1.79. The third kappa shape index (κ3) is 5.09. The van der Waals surface area contributed by atoms with E-state index in [0.717, 1.165) is 45.6 Å². The van der Waals surface area contributed by atoms with Crippen LogP contribution >= 0.6 is 11.3 Å². The van der Waals surface area contributed by atoms with Gasteiger partial charge in [-0.1, -0.05) is 19.4 Å². The fourth-order valence-corrected chi connectivity index (χ4v) is 3.52. The number of likely N-dealkylation sites (N-methyl/N-ethyl adjacent to an activating group) is 1. The molecule has 118 valence electrons. The number of carbonyl (C=O) groups excluding carboxylic acids is 1. The van der Waals surface area contributed by atoms with Crippen molar-refractivity contribution in [3.63, 3.8) is 0 Å². The first-order valence-electron chi connectivity index (χ1n) is 7.93. The van der Waals surface area contributed by atoms with Crippen molar-refractivity contribution in [3.8, 4) is 0 Å². The highest BCUT2D eigenvalue weighted by Crippen LogP contribution is 2.25. The number of hydrogen-bond acceptors (Lipinski definition) is 4. The average Bonchev–Trinajstić information content (AvgIpc) is 3.01. The Morgan fingerprint density at radius 1 is 1.38 bits per heavy atom. The summed E-state index contributed by atoms with van der Waals surface area (Å²) in [5.74, 6) is 0.188. The van der Waals surface area contributed by atoms with E-state index in [1.54, 1.807) is 11.3 Å². The summed E-state index contributed by atoms with van der Waals surface area (Å²) in [4.78, 5) is 18.1. The van der Waals surface area contributed by atoms with Gasteiger partial charge in [-0.15, -0.1) is 11.3 Å². The molecule has 1 saturated heterocycles. The van der Waals surface area contributed by atoms with Crippen molar-refractivity contribution in [2.24, 2.45) is 0 Å². The lowest BCUT2D eigenvalue weighted by atomic mass is 10.1. The van der Waals surface area contributed by atoms with Crippen molar-refractivity contribution in [2.75, 3.05) is 39.8 Å². The molecule has 0 bridgehead atoms. The fourth-order valence-electron chi connectivity index (χ4n) is 2.66. The quantitative estimate of drug-likeness (QED) is 0.840. The van der Waals surface area contributed by atoms with Gasteiger partial charge in [-0.05, 0) is 24.9 Å². The van der Waals surface area contributed by atoms with Crippen LogP contribution in [0.15, 0.2) is 17.5 Å². The molecule has 2 rings (SSSR count). The van der Waals surface area contributed by atoms with E-state index in [0.29, 0.717) is 12.5 Å². The van der Waals surface area contributed by atoms with Gasteiger partial charge in [0.05, 0.1) is 6.04 Å². The van der Waals surface area contributed by atoms with Crippen LogP contribution < -0.4 is 5.32 Å². The molecule has 0 aliphatic carbocycles. The zero-order valence-corrected chi connectivity index (χ0v) is 14.0. The predicted molar refractivity (Wildman–Crippen MR) is 88.7 cm³/mol. The van der Waals surface area contributed by atoms with Gasteiger partial charge in [0.15, 0.2) is 0 Å². The number of amides is 1. The first-order valence-corrected chi connectivity index (χ1v) is 8.81. The van der Waals surface area contributed by atoms with E-state index in [9.17, 15) is 4.79 Å². The number of thiophene rings is 1. The second-order valence-corrected chi connectivity index (χ2v) is 6.76. The van der Waals surface area contributed by atoms with Crippen molar-refractivity contribution in [1.29, 1.82) is 0 Å². The van der Waals surface area contributed by atoms with E-state index in [4.69, 9.17) is 0 Å². The second-order valence-electron chi connectivity index (χ2n) is 5.78. The van der Waals surface area contributed by atoms with Crippen LogP contribution in [0.5, 0.6) is 0 Å². The monoisotopic (exact) mass is 309 g/mol. The zero-order valence-electron chi connectivity index (χ0n) is 13.2. The Morgan fingerprint density at radius 3 is 2.76 bits per heavy atom. The Hall–Kier alpha value is -0.910. The molecule has 0 radical (unpaired) electrons. The lowest BCUT2D eigenvalue weighted by Crippen LogP contribution is -2.48. The molecule has 21 heavy (non-hydrogen) atoms. The molecule has 1 aliphatic heterocycles. The van der Waals surface area contributed by atoms with Crippen molar-refractivity contribution < 1.29 is 4.79 Å². The summed E-state index contributed by atoms with van der Waals surface area (Å²) in [6.45, 7) is 7.20. The van der Waals surface area contributed by atoms with Gasteiger partial charge in [0.1, 0.15) is 0 Å². The Bertz CT molecular complexity index is 413. The average molecular weight is 309 g/mol. The first kappa shape index (κ1) is 16.5. The maximum Gasteiger partial charge on any atom is 0.220 e. The SMILES string of the molecule is CCCCC(=O)NCC(c1cccs1)N1CCN(C)CC1. The summed E-state index contributed by atoms with van der Waals surface area (Å²) in [7, 11) is 2.17. The molecule has 0 spiro atoms. The molecule has 2 heterocycles. The lowest BCUT2D eigenvalue weighted by Gasteiger charge is -2.37. The Morgan fingerprint density at radius 2 is 2.14 bits per heavy atom. The topological polar surface area (TPSA) is 35.6 Å². The highest BCUT2D eigenvalue weighted by Gasteiger charge is 2.24. The smallest absolute Gasteiger partial charge is 0.220 e.